The van der Waals surface area contributed by atoms with Crippen molar-refractivity contribution in [1.82, 2.24) is 15.6 Å². The molecule has 1 aromatic carbocycles. The summed E-state index contributed by atoms with van der Waals surface area (Å²) in [5, 5.41) is 8.50. The maximum Gasteiger partial charge on any atom is 0.275 e. The molecule has 1 unspecified atom stereocenters. The van der Waals surface area contributed by atoms with E-state index in [2.05, 4.69) is 20.6 Å². The van der Waals surface area contributed by atoms with Gasteiger partial charge in [0.15, 0.2) is 5.82 Å². The number of anilines is 1. The number of nitrogens with zero attached hydrogens (tertiary/aromatic N) is 1. The van der Waals surface area contributed by atoms with Gasteiger partial charge in [0.2, 0.25) is 0 Å². The summed E-state index contributed by atoms with van der Waals surface area (Å²) in [6, 6.07) is 8.87. The lowest BCUT2D eigenvalue weighted by molar-refractivity contribution is -0.0416. The molecule has 2 aliphatic heterocycles. The molecule has 2 aliphatic rings. The van der Waals surface area contributed by atoms with Gasteiger partial charge in [0, 0.05) is 31.6 Å². The van der Waals surface area contributed by atoms with E-state index >= 15 is 0 Å². The molecule has 1 amide bonds. The van der Waals surface area contributed by atoms with Crippen LogP contribution in [0, 0.1) is 0 Å². The number of halogens is 2. The van der Waals surface area contributed by atoms with Crippen LogP contribution in [0.1, 0.15) is 40.5 Å². The van der Waals surface area contributed by atoms with Crippen molar-refractivity contribution in [2.24, 2.45) is 0 Å². The summed E-state index contributed by atoms with van der Waals surface area (Å²) in [7, 11) is 0. The fourth-order valence-electron chi connectivity index (χ4n) is 3.68. The van der Waals surface area contributed by atoms with Crippen LogP contribution >= 0.6 is 12.2 Å². The first kappa shape index (κ1) is 17.9. The van der Waals surface area contributed by atoms with E-state index in [1.807, 2.05) is 29.2 Å². The van der Waals surface area contributed by atoms with E-state index in [0.717, 1.165) is 11.1 Å². The Morgan fingerprint density at radius 2 is 2.11 bits per heavy atom. The monoisotopic (exact) mass is 388 g/mol. The lowest BCUT2D eigenvalue weighted by Gasteiger charge is -2.34. The summed E-state index contributed by atoms with van der Waals surface area (Å²) in [5.41, 5.74) is 2.83. The second kappa shape index (κ2) is 6.88. The van der Waals surface area contributed by atoms with Crippen LogP contribution < -0.4 is 15.5 Å². The van der Waals surface area contributed by atoms with Gasteiger partial charge >= 0.3 is 0 Å². The number of aromatic amines is 1. The maximum atomic E-state index is 13.9. The second-order valence-corrected chi connectivity index (χ2v) is 6.95. The second-order valence-electron chi connectivity index (χ2n) is 6.74. The van der Waals surface area contributed by atoms with E-state index in [1.165, 1.54) is 0 Å². The molecule has 3 heterocycles. The quantitative estimate of drug-likeness (QED) is 0.707. The standard InChI is InChI=1S/C19H18F2N4OS/c20-19(21)6-8-22-14(9-19)13-4-2-1-3-12(13)10-25-15-5-7-23-17(15)18(26)24-16(25)11-27/h1-5,7,14,22-23H,6,8-10H2,(H,24,26). The molecule has 3 N–H and O–H groups in total. The third kappa shape index (κ3) is 3.39. The van der Waals surface area contributed by atoms with Gasteiger partial charge in [-0.05, 0) is 34.4 Å². The fraction of sp³-hybridized carbons (Fsp3) is 0.316. The highest BCUT2D eigenvalue weighted by Gasteiger charge is 2.37. The molecule has 2 aromatic rings. The van der Waals surface area contributed by atoms with Crippen molar-refractivity contribution >= 4 is 28.8 Å². The number of thiocarbonyl (C=S) groups is 1. The van der Waals surface area contributed by atoms with E-state index in [9.17, 15) is 13.6 Å². The summed E-state index contributed by atoms with van der Waals surface area (Å²) in [4.78, 5) is 16.9. The third-order valence-electron chi connectivity index (χ3n) is 4.98. The first-order valence-corrected chi connectivity index (χ1v) is 9.10. The summed E-state index contributed by atoms with van der Waals surface area (Å²) >= 11 is 4.94. The summed E-state index contributed by atoms with van der Waals surface area (Å²) < 4.78 is 27.8. The fourth-order valence-corrected chi connectivity index (χ4v) is 3.84. The Morgan fingerprint density at radius 3 is 2.89 bits per heavy atom. The van der Waals surface area contributed by atoms with Gasteiger partial charge in [0.1, 0.15) is 5.69 Å². The summed E-state index contributed by atoms with van der Waals surface area (Å²) in [6.07, 6.45) is 1.30. The Hall–Kier alpha value is -2.54. The Balaban J connectivity index is 1.69. The van der Waals surface area contributed by atoms with Crippen LogP contribution in [-0.2, 0) is 6.54 Å². The topological polar surface area (TPSA) is 60.2 Å². The van der Waals surface area contributed by atoms with Gasteiger partial charge < -0.3 is 15.2 Å². The molecule has 1 atom stereocenters. The highest BCUT2D eigenvalue weighted by molar-refractivity contribution is 7.78. The molecule has 1 aromatic heterocycles. The lowest BCUT2D eigenvalue weighted by atomic mass is 9.91. The molecule has 140 valence electrons. The predicted molar refractivity (Wildman–Crippen MR) is 102 cm³/mol. The van der Waals surface area contributed by atoms with Crippen molar-refractivity contribution in [3.8, 4) is 0 Å². The number of carbonyl (C=O) groups is 1. The number of H-pyrrole nitrogens is 1. The number of hydrogen-bond donors (Lipinski definition) is 3. The molecule has 5 nitrogen and oxygen atoms in total. The highest BCUT2D eigenvalue weighted by Crippen LogP contribution is 2.36. The van der Waals surface area contributed by atoms with Crippen LogP contribution in [0.3, 0.4) is 0 Å². The zero-order valence-electron chi connectivity index (χ0n) is 14.4. The Kier molecular flexibility index (Phi) is 4.55. The molecule has 27 heavy (non-hydrogen) atoms. The smallest absolute Gasteiger partial charge is 0.275 e. The van der Waals surface area contributed by atoms with Crippen molar-refractivity contribution in [2.45, 2.75) is 31.4 Å². The van der Waals surface area contributed by atoms with Gasteiger partial charge in [0.25, 0.3) is 11.8 Å². The van der Waals surface area contributed by atoms with Gasteiger partial charge in [0.05, 0.1) is 12.2 Å². The molecule has 0 radical (unpaired) electrons. The van der Waals surface area contributed by atoms with Crippen LogP contribution in [-0.4, -0.2) is 28.4 Å². The maximum absolute atomic E-state index is 13.9. The number of nitrogens with one attached hydrogen (secondary N) is 3. The molecule has 0 spiro atoms. The minimum atomic E-state index is -2.67. The largest absolute Gasteiger partial charge is 0.355 e. The number of amides is 1. The van der Waals surface area contributed by atoms with Crippen LogP contribution in [0.5, 0.6) is 0 Å². The average molecular weight is 388 g/mol. The van der Waals surface area contributed by atoms with Gasteiger partial charge in [-0.2, -0.15) is 0 Å². The Bertz CT molecular complexity index is 935. The van der Waals surface area contributed by atoms with E-state index in [-0.39, 0.29) is 25.3 Å². The van der Waals surface area contributed by atoms with Crippen molar-refractivity contribution in [1.29, 1.82) is 0 Å². The van der Waals surface area contributed by atoms with Gasteiger partial charge in [-0.15, -0.1) is 0 Å². The van der Waals surface area contributed by atoms with E-state index in [0.29, 0.717) is 23.7 Å². The van der Waals surface area contributed by atoms with Crippen molar-refractivity contribution in [3.63, 3.8) is 0 Å². The number of carbonyl (C=O) groups excluding carboxylic acids is 1. The number of hydrogen-bond acceptors (Lipinski definition) is 4. The summed E-state index contributed by atoms with van der Waals surface area (Å²) in [5.74, 6) is -2.57. The van der Waals surface area contributed by atoms with Crippen molar-refractivity contribution < 1.29 is 13.6 Å². The average Bonchev–Trinajstić information content (AvgIpc) is 3.14. The minimum absolute atomic E-state index is 0.145. The first-order chi connectivity index (χ1) is 13.0. The number of fused-ring (bicyclic) bond motifs is 1. The molecule has 1 saturated heterocycles. The number of aromatic nitrogens is 1. The zero-order chi connectivity index (χ0) is 19.0. The molecule has 4 rings (SSSR count). The SMILES string of the molecule is O=C1NC(=C=S)N(Cc2ccccc2C2CC(F)(F)CCN2)c2cc[nH]c21. The van der Waals surface area contributed by atoms with Gasteiger partial charge in [-0.1, -0.05) is 24.3 Å². The summed E-state index contributed by atoms with van der Waals surface area (Å²) in [6.45, 7) is 0.656. The normalized spacial score (nSPS) is 21.4. The van der Waals surface area contributed by atoms with Crippen LogP contribution in [0.2, 0.25) is 0 Å². The third-order valence-corrected chi connectivity index (χ3v) is 5.18. The zero-order valence-corrected chi connectivity index (χ0v) is 15.2. The number of alkyl halides is 2. The Morgan fingerprint density at radius 1 is 1.30 bits per heavy atom. The first-order valence-electron chi connectivity index (χ1n) is 8.69. The molecule has 0 aliphatic carbocycles. The van der Waals surface area contributed by atoms with Crippen LogP contribution in [0.4, 0.5) is 14.5 Å². The number of piperidine rings is 1. The highest BCUT2D eigenvalue weighted by atomic mass is 32.1. The van der Waals surface area contributed by atoms with Crippen LogP contribution in [0.25, 0.3) is 0 Å². The molecule has 1 fully saturated rings. The Labute approximate surface area is 160 Å². The van der Waals surface area contributed by atoms with E-state index in [4.69, 9.17) is 12.2 Å². The van der Waals surface area contributed by atoms with Crippen molar-refractivity contribution in [2.75, 3.05) is 11.4 Å². The molecule has 0 saturated carbocycles. The molecule has 8 heteroatoms. The van der Waals surface area contributed by atoms with Crippen LogP contribution in [0.15, 0.2) is 42.3 Å². The van der Waals surface area contributed by atoms with E-state index in [1.54, 1.807) is 12.3 Å². The molecular weight excluding hydrogens is 370 g/mol. The van der Waals surface area contributed by atoms with Gasteiger partial charge in [-0.25, -0.2) is 8.78 Å². The number of rotatable bonds is 3. The van der Waals surface area contributed by atoms with Crippen molar-refractivity contribution in [3.05, 3.63) is 59.2 Å². The molecular formula is C19H18F2N4OS. The molecule has 0 bridgehead atoms. The van der Waals surface area contributed by atoms with Gasteiger partial charge in [-0.3, -0.25) is 10.1 Å². The predicted octanol–water partition coefficient (Wildman–Crippen LogP) is 3.26. The lowest BCUT2D eigenvalue weighted by Crippen LogP contribution is -2.42. The van der Waals surface area contributed by atoms with E-state index < -0.39 is 12.0 Å². The minimum Gasteiger partial charge on any atom is -0.355 e. The number of benzene rings is 1.